The van der Waals surface area contributed by atoms with E-state index in [9.17, 15) is 14.0 Å². The van der Waals surface area contributed by atoms with Crippen LogP contribution in [0, 0.1) is 28.9 Å². The summed E-state index contributed by atoms with van der Waals surface area (Å²) in [4.78, 5) is 13.8. The first-order valence-corrected chi connectivity index (χ1v) is 17.6. The maximum atomic E-state index is 17.3. The molecule has 3 saturated heterocycles. The lowest BCUT2D eigenvalue weighted by Crippen LogP contribution is -2.51. The summed E-state index contributed by atoms with van der Waals surface area (Å²) in [6, 6.07) is 3.66. The molecule has 49 heavy (non-hydrogen) atoms. The van der Waals surface area contributed by atoms with Crippen LogP contribution in [0.5, 0.6) is 11.8 Å². The van der Waals surface area contributed by atoms with Gasteiger partial charge in [0.1, 0.15) is 41.4 Å². The number of benzene rings is 2. The molecule has 0 bridgehead atoms. The number of rotatable bonds is 7. The van der Waals surface area contributed by atoms with Gasteiger partial charge in [0, 0.05) is 17.5 Å². The Hall–Kier alpha value is -3.64. The second-order valence-corrected chi connectivity index (χ2v) is 15.0. The number of ether oxygens (including phenoxy) is 3. The smallest absolute Gasteiger partial charge is 0.345 e. The Kier molecular flexibility index (Phi) is 8.17. The predicted molar refractivity (Wildman–Crippen MR) is 179 cm³/mol. The van der Waals surface area contributed by atoms with Gasteiger partial charge in [-0.2, -0.15) is 24.0 Å². The summed E-state index contributed by atoms with van der Waals surface area (Å²) < 4.78 is 76.4. The fourth-order valence-corrected chi connectivity index (χ4v) is 9.87. The van der Waals surface area contributed by atoms with Crippen LogP contribution in [-0.4, -0.2) is 72.0 Å². The Labute approximate surface area is 288 Å². The summed E-state index contributed by atoms with van der Waals surface area (Å²) >= 11 is 7.93. The lowest BCUT2D eigenvalue weighted by Gasteiger charge is -2.41. The molecule has 4 aromatic rings. The Morgan fingerprint density at radius 1 is 1.22 bits per heavy atom. The van der Waals surface area contributed by atoms with Gasteiger partial charge >= 0.3 is 12.6 Å². The van der Waals surface area contributed by atoms with Crippen LogP contribution < -0.4 is 20.1 Å². The zero-order valence-corrected chi connectivity index (χ0v) is 28.2. The quantitative estimate of drug-likeness (QED) is 0.194. The van der Waals surface area contributed by atoms with Gasteiger partial charge in [0.2, 0.25) is 0 Å². The van der Waals surface area contributed by atoms with Crippen molar-refractivity contribution in [2.75, 3.05) is 43.5 Å². The molecule has 258 valence electrons. The number of hydrogen-bond donors (Lipinski definition) is 1. The predicted octanol–water partition coefficient (Wildman–Crippen LogP) is 7.51. The average molecular weight is 717 g/mol. The van der Waals surface area contributed by atoms with Gasteiger partial charge in [-0.05, 0) is 62.6 Å². The molecule has 0 radical (unpaired) electrons. The molecular formula is C34H33ClF4N6O3S. The van der Waals surface area contributed by atoms with Crippen LogP contribution in [0.1, 0.15) is 51.0 Å². The highest BCUT2D eigenvalue weighted by atomic mass is 35.5. The summed E-state index contributed by atoms with van der Waals surface area (Å²) in [7, 11) is 0. The van der Waals surface area contributed by atoms with E-state index < -0.39 is 24.3 Å². The highest BCUT2D eigenvalue weighted by Gasteiger charge is 2.48. The summed E-state index contributed by atoms with van der Waals surface area (Å²) in [5.41, 5.74) is 5.78. The third-order valence-electron chi connectivity index (χ3n) is 10.6. The van der Waals surface area contributed by atoms with Gasteiger partial charge in [-0.25, -0.2) is 8.78 Å². The number of nitrogens with zero attached hydrogens (tertiary/aromatic N) is 5. The number of anilines is 2. The van der Waals surface area contributed by atoms with Gasteiger partial charge < -0.3 is 24.8 Å². The first-order valence-electron chi connectivity index (χ1n) is 16.4. The topological polar surface area (TPSA) is 110 Å². The molecule has 15 heteroatoms. The standard InChI is InChI=1S/C34H33ClF4N6O3S/c1-16-10-34(8-3-9-44(34)12-16)15-48-33-42-27-24-28(46-13-17-4-2-5-18(14-47-32(38)39)45(17)31(24)43-33)25(35)23(26(27)37)19-6-7-21(36)29-22(19)20(11-40)30(41)49-29/h6-7,16-18,32H,2-5,8-10,12-15,41H2,1H3/t16-,17?,18?,34+/m1/s1. The third kappa shape index (κ3) is 5.23. The molecule has 4 aliphatic rings. The molecule has 2 unspecified atom stereocenters. The van der Waals surface area contributed by atoms with E-state index in [-0.39, 0.29) is 90.1 Å². The van der Waals surface area contributed by atoms with E-state index in [1.165, 1.54) is 12.1 Å². The summed E-state index contributed by atoms with van der Waals surface area (Å²) in [5, 5.41) is 10.2. The van der Waals surface area contributed by atoms with Crippen molar-refractivity contribution < 1.29 is 31.8 Å². The lowest BCUT2D eigenvalue weighted by molar-refractivity contribution is -0.133. The second kappa shape index (κ2) is 12.3. The average Bonchev–Trinajstić information content (AvgIpc) is 3.68. The lowest BCUT2D eigenvalue weighted by atomic mass is 9.92. The first-order chi connectivity index (χ1) is 23.6. The summed E-state index contributed by atoms with van der Waals surface area (Å²) in [6.07, 6.45) is 4.87. The van der Waals surface area contributed by atoms with E-state index in [0.29, 0.717) is 25.4 Å². The molecular weight excluding hydrogens is 684 g/mol. The van der Waals surface area contributed by atoms with Crippen molar-refractivity contribution in [1.82, 2.24) is 14.9 Å². The number of nitrogens with two attached hydrogens (primary N) is 1. The first kappa shape index (κ1) is 32.6. The van der Waals surface area contributed by atoms with Crippen LogP contribution in [-0.2, 0) is 4.74 Å². The number of alkyl halides is 2. The van der Waals surface area contributed by atoms with Crippen LogP contribution in [0.3, 0.4) is 0 Å². The van der Waals surface area contributed by atoms with Crippen molar-refractivity contribution in [1.29, 1.82) is 5.26 Å². The fourth-order valence-electron chi connectivity index (χ4n) is 8.59. The van der Waals surface area contributed by atoms with Crippen molar-refractivity contribution in [3.05, 3.63) is 34.4 Å². The van der Waals surface area contributed by atoms with Crippen LogP contribution in [0.4, 0.5) is 28.4 Å². The van der Waals surface area contributed by atoms with Gasteiger partial charge in [-0.3, -0.25) is 4.90 Å². The highest BCUT2D eigenvalue weighted by Crippen LogP contribution is 2.52. The van der Waals surface area contributed by atoms with Crippen molar-refractivity contribution in [2.24, 2.45) is 5.92 Å². The van der Waals surface area contributed by atoms with E-state index >= 15 is 8.78 Å². The van der Waals surface area contributed by atoms with Crippen molar-refractivity contribution in [3.8, 4) is 29.0 Å². The minimum absolute atomic E-state index is 0.00872. The number of thiophene rings is 1. The number of nitriles is 1. The van der Waals surface area contributed by atoms with E-state index in [1.807, 2.05) is 11.0 Å². The summed E-state index contributed by atoms with van der Waals surface area (Å²) in [6.45, 7) is 1.31. The van der Waals surface area contributed by atoms with Crippen molar-refractivity contribution >= 4 is 54.7 Å². The molecule has 4 atom stereocenters. The number of fused-ring (bicyclic) bond motifs is 4. The second-order valence-electron chi connectivity index (χ2n) is 13.6. The maximum Gasteiger partial charge on any atom is 0.345 e. The van der Waals surface area contributed by atoms with Gasteiger partial charge in [-0.15, -0.1) is 11.3 Å². The van der Waals surface area contributed by atoms with Crippen LogP contribution in [0.15, 0.2) is 12.1 Å². The Morgan fingerprint density at radius 3 is 2.86 bits per heavy atom. The molecule has 6 heterocycles. The van der Waals surface area contributed by atoms with Gasteiger partial charge in [0.25, 0.3) is 0 Å². The number of hydrogen-bond acceptors (Lipinski definition) is 10. The monoisotopic (exact) mass is 716 g/mol. The highest BCUT2D eigenvalue weighted by molar-refractivity contribution is 7.23. The van der Waals surface area contributed by atoms with E-state index in [1.54, 1.807) is 0 Å². The normalized spacial score (nSPS) is 25.0. The van der Waals surface area contributed by atoms with Crippen LogP contribution in [0.25, 0.3) is 32.1 Å². The van der Waals surface area contributed by atoms with Gasteiger partial charge in [0.15, 0.2) is 11.6 Å². The molecule has 0 amide bonds. The molecule has 0 saturated carbocycles. The minimum Gasteiger partial charge on any atom is -0.489 e. The van der Waals surface area contributed by atoms with Crippen molar-refractivity contribution in [2.45, 2.75) is 69.7 Å². The Bertz CT molecular complexity index is 2030. The number of halogens is 5. The number of nitrogen functional groups attached to an aromatic ring is 1. The largest absolute Gasteiger partial charge is 0.489 e. The zero-order chi connectivity index (χ0) is 34.2. The SMILES string of the molecule is C[C@H]1CN2CCC[C@@]2(COc2nc3c4c(c(Cl)c(-c5ccc(F)c6sc(N)c(C#N)c56)c(F)c4n2)OCC2CCCC(COC(F)F)N32)C1. The van der Waals surface area contributed by atoms with E-state index in [0.717, 1.165) is 50.1 Å². The molecule has 8 rings (SSSR count). The number of aromatic nitrogens is 2. The Balaban J connectivity index is 1.34. The fraction of sp³-hybridized carbons (Fsp3) is 0.500. The molecule has 4 aliphatic heterocycles. The number of piperidine rings is 1. The summed E-state index contributed by atoms with van der Waals surface area (Å²) in [5.74, 6) is -0.612. The van der Waals surface area contributed by atoms with E-state index in [4.69, 9.17) is 36.5 Å². The van der Waals surface area contributed by atoms with Crippen molar-refractivity contribution in [3.63, 3.8) is 0 Å². The zero-order valence-electron chi connectivity index (χ0n) is 26.6. The molecule has 2 aromatic heterocycles. The molecule has 2 aromatic carbocycles. The molecule has 0 spiro atoms. The molecule has 3 fully saturated rings. The molecule has 0 aliphatic carbocycles. The minimum atomic E-state index is -2.96. The molecule has 2 N–H and O–H groups in total. The maximum absolute atomic E-state index is 17.3. The van der Waals surface area contributed by atoms with Crippen LogP contribution >= 0.6 is 22.9 Å². The van der Waals surface area contributed by atoms with Crippen LogP contribution in [0.2, 0.25) is 5.02 Å². The third-order valence-corrected chi connectivity index (χ3v) is 11.9. The Morgan fingerprint density at radius 2 is 2.06 bits per heavy atom. The van der Waals surface area contributed by atoms with E-state index in [2.05, 4.69) is 16.8 Å². The van der Waals surface area contributed by atoms with Gasteiger partial charge in [-0.1, -0.05) is 24.6 Å². The molecule has 9 nitrogen and oxygen atoms in total. The van der Waals surface area contributed by atoms with Gasteiger partial charge in [0.05, 0.1) is 44.9 Å².